The van der Waals surface area contributed by atoms with Crippen LogP contribution in [0.15, 0.2) is 12.2 Å². The molecule has 0 radical (unpaired) electrons. The van der Waals surface area contributed by atoms with Crippen molar-refractivity contribution in [3.63, 3.8) is 0 Å². The van der Waals surface area contributed by atoms with Crippen LogP contribution in [0.4, 0.5) is 0 Å². The molecule has 0 aromatic heterocycles. The summed E-state index contributed by atoms with van der Waals surface area (Å²) in [6.07, 6.45) is 1.04. The molecule has 0 aliphatic heterocycles. The molecule has 6 heavy (non-hydrogen) atoms. The number of aldehydes is 1. The minimum atomic E-state index is 0.630. The Bertz CT molecular complexity index is 73.6. The maximum atomic E-state index is 9.12. The van der Waals surface area contributed by atoms with Gasteiger partial charge in [0, 0.05) is 5.57 Å². The van der Waals surface area contributed by atoms with Gasteiger partial charge in [-0.15, -0.1) is 0 Å². The van der Waals surface area contributed by atoms with Crippen LogP contribution in [0.25, 0.3) is 0 Å². The second-order valence-electron chi connectivity index (χ2n) is 1.06. The summed E-state index contributed by atoms with van der Waals surface area (Å²) in [5.74, 6) is 0. The van der Waals surface area contributed by atoms with Crippen LogP contribution < -0.4 is 5.26 Å². The first-order valence-corrected chi connectivity index (χ1v) is 1.54. The number of rotatable bonds is 1. The first-order valence-electron chi connectivity index (χ1n) is 1.54. The topological polar surface area (TPSA) is 34.4 Å². The van der Waals surface area contributed by atoms with E-state index in [0.29, 0.717) is 5.57 Å². The van der Waals surface area contributed by atoms with Gasteiger partial charge in [0.05, 0.1) is 0 Å². The van der Waals surface area contributed by atoms with E-state index in [-0.39, 0.29) is 0 Å². The van der Waals surface area contributed by atoms with Gasteiger partial charge >= 0.3 is 6.29 Å². The summed E-state index contributed by atoms with van der Waals surface area (Å²) >= 11 is 0. The van der Waals surface area contributed by atoms with Gasteiger partial charge in [0.1, 0.15) is 0 Å². The van der Waals surface area contributed by atoms with Crippen LogP contribution in [0.1, 0.15) is 6.92 Å². The lowest BCUT2D eigenvalue weighted by Crippen LogP contribution is -1.96. The molecule has 0 aliphatic carbocycles. The predicted molar refractivity (Wildman–Crippen MR) is 20.9 cm³/mol. The molecular formula is C4H6O2. The molecule has 0 fully saturated rings. The SMILES string of the molecule is C=C(C)C=[O+][O-]. The van der Waals surface area contributed by atoms with Crippen molar-refractivity contribution in [3.05, 3.63) is 12.2 Å². The fourth-order valence-corrected chi connectivity index (χ4v) is 0.0821. The van der Waals surface area contributed by atoms with Crippen molar-refractivity contribution in [3.8, 4) is 0 Å². The molecule has 2 nitrogen and oxygen atoms in total. The molecule has 0 aromatic rings. The van der Waals surface area contributed by atoms with E-state index in [9.17, 15) is 0 Å². The molecule has 0 aromatic carbocycles. The Hall–Kier alpha value is -0.790. The van der Waals surface area contributed by atoms with E-state index in [1.807, 2.05) is 0 Å². The fourth-order valence-electron chi connectivity index (χ4n) is 0.0821. The van der Waals surface area contributed by atoms with E-state index >= 15 is 0 Å². The van der Waals surface area contributed by atoms with E-state index in [2.05, 4.69) is 11.2 Å². The summed E-state index contributed by atoms with van der Waals surface area (Å²) in [4.78, 5) is 0. The van der Waals surface area contributed by atoms with Crippen LogP contribution in [-0.4, -0.2) is 6.29 Å². The summed E-state index contributed by atoms with van der Waals surface area (Å²) in [5, 5.41) is 9.12. The lowest BCUT2D eigenvalue weighted by molar-refractivity contribution is -1.04. The fraction of sp³-hybridized carbons (Fsp3) is 0.250. The molecule has 34 valence electrons. The summed E-state index contributed by atoms with van der Waals surface area (Å²) in [5.41, 5.74) is 0.630. The highest BCUT2D eigenvalue weighted by Crippen LogP contribution is 1.72. The number of hydrogen-bond donors (Lipinski definition) is 0. The zero-order valence-electron chi connectivity index (χ0n) is 3.60. The first-order chi connectivity index (χ1) is 2.77. The second kappa shape index (κ2) is 2.45. The zero-order valence-corrected chi connectivity index (χ0v) is 3.60. The van der Waals surface area contributed by atoms with Crippen LogP contribution >= 0.6 is 0 Å². The Kier molecular flexibility index (Phi) is 2.13. The Morgan fingerprint density at radius 2 is 2.50 bits per heavy atom. The van der Waals surface area contributed by atoms with Gasteiger partial charge in [0.25, 0.3) is 0 Å². The molecule has 0 unspecified atom stereocenters. The highest BCUT2D eigenvalue weighted by molar-refractivity contribution is 5.70. The van der Waals surface area contributed by atoms with Crippen LogP contribution in [0, 0.1) is 0 Å². The van der Waals surface area contributed by atoms with Gasteiger partial charge < -0.3 is 5.26 Å². The van der Waals surface area contributed by atoms with Crippen LogP contribution in [-0.2, 0) is 4.58 Å². The van der Waals surface area contributed by atoms with Gasteiger partial charge in [-0.3, -0.25) is 0 Å². The van der Waals surface area contributed by atoms with Crippen LogP contribution in [0.2, 0.25) is 0 Å². The Balaban J connectivity index is 3.30. The van der Waals surface area contributed by atoms with Crippen LogP contribution in [0.5, 0.6) is 0 Å². The van der Waals surface area contributed by atoms with E-state index in [4.69, 9.17) is 5.26 Å². The molecule has 0 bridgehead atoms. The van der Waals surface area contributed by atoms with Crippen molar-refractivity contribution in [2.75, 3.05) is 0 Å². The van der Waals surface area contributed by atoms with E-state index in [0.717, 1.165) is 6.29 Å². The molecule has 0 atom stereocenters. The van der Waals surface area contributed by atoms with Gasteiger partial charge in [-0.25, -0.2) is 0 Å². The molecule has 0 N–H and O–H groups in total. The summed E-state index contributed by atoms with van der Waals surface area (Å²) in [6, 6.07) is 0. The highest BCUT2D eigenvalue weighted by atomic mass is 17.1. The maximum Gasteiger partial charge on any atom is 0.344 e. The zero-order chi connectivity index (χ0) is 4.99. The van der Waals surface area contributed by atoms with E-state index in [1.54, 1.807) is 6.92 Å². The minimum Gasteiger partial charge on any atom is -0.463 e. The van der Waals surface area contributed by atoms with Gasteiger partial charge in [-0.2, -0.15) is 4.58 Å². The summed E-state index contributed by atoms with van der Waals surface area (Å²) in [6.45, 7) is 5.04. The maximum absolute atomic E-state index is 9.12. The standard InChI is InChI=1S/C4H6O2/c1-4(2)3-6-5/h3H,1H2,2H3. The van der Waals surface area contributed by atoms with Gasteiger partial charge in [0.15, 0.2) is 0 Å². The molecule has 0 rings (SSSR count). The molecule has 0 aliphatic rings. The highest BCUT2D eigenvalue weighted by Gasteiger charge is 1.78. The van der Waals surface area contributed by atoms with Crippen molar-refractivity contribution in [2.24, 2.45) is 0 Å². The average Bonchev–Trinajstić information content (AvgIpc) is 1.35. The first kappa shape index (κ1) is 5.21. The lowest BCUT2D eigenvalue weighted by Gasteiger charge is -1.67. The average molecular weight is 86.1 g/mol. The minimum absolute atomic E-state index is 0.630. The third-order valence-corrected chi connectivity index (χ3v) is 0.249. The van der Waals surface area contributed by atoms with Crippen molar-refractivity contribution in [1.29, 1.82) is 0 Å². The molecule has 0 heterocycles. The summed E-state index contributed by atoms with van der Waals surface area (Å²) < 4.78 is 3.33. The molecule has 0 saturated heterocycles. The Labute approximate surface area is 36.3 Å². The largest absolute Gasteiger partial charge is 0.463 e. The second-order valence-corrected chi connectivity index (χ2v) is 1.06. The predicted octanol–water partition coefficient (Wildman–Crippen LogP) is -0.428. The van der Waals surface area contributed by atoms with Gasteiger partial charge in [0.2, 0.25) is 0 Å². The van der Waals surface area contributed by atoms with Crippen molar-refractivity contribution >= 4 is 6.29 Å². The lowest BCUT2D eigenvalue weighted by atomic mass is 10.4. The smallest absolute Gasteiger partial charge is 0.344 e. The monoisotopic (exact) mass is 86.0 g/mol. The molecule has 2 heteroatoms. The Morgan fingerprint density at radius 1 is 2.00 bits per heavy atom. The summed E-state index contributed by atoms with van der Waals surface area (Å²) in [7, 11) is 0. The number of hydrogen-bond acceptors (Lipinski definition) is 1. The quantitative estimate of drug-likeness (QED) is 0.140. The third-order valence-electron chi connectivity index (χ3n) is 0.249. The molecule has 0 spiro atoms. The molecule has 0 saturated carbocycles. The van der Waals surface area contributed by atoms with E-state index < -0.39 is 0 Å². The molecule has 0 amide bonds. The third kappa shape index (κ3) is 3.21. The van der Waals surface area contributed by atoms with E-state index in [1.165, 1.54) is 0 Å². The van der Waals surface area contributed by atoms with Crippen molar-refractivity contribution in [1.82, 2.24) is 0 Å². The van der Waals surface area contributed by atoms with Crippen molar-refractivity contribution in [2.45, 2.75) is 6.92 Å². The van der Waals surface area contributed by atoms with Gasteiger partial charge in [-0.1, -0.05) is 6.58 Å². The number of carbonyl (C=O) groups excluding carboxylic acids is 1. The normalized spacial score (nSPS) is 9.50. The number of allylic oxidation sites excluding steroid dienone is 1. The van der Waals surface area contributed by atoms with Crippen LogP contribution in [0.3, 0.4) is 0 Å². The van der Waals surface area contributed by atoms with Crippen molar-refractivity contribution < 1.29 is 9.83 Å². The van der Waals surface area contributed by atoms with Gasteiger partial charge in [-0.05, 0) is 6.92 Å². The Morgan fingerprint density at radius 3 is 2.50 bits per heavy atom. The molecular weight excluding hydrogens is 80.0 g/mol.